The third kappa shape index (κ3) is 2.31. The lowest BCUT2D eigenvalue weighted by atomic mass is 10.1. The summed E-state index contributed by atoms with van der Waals surface area (Å²) in [5, 5.41) is 28.5. The monoisotopic (exact) mass is 286 g/mol. The van der Waals surface area contributed by atoms with E-state index < -0.39 is 48.2 Å². The number of carbonyl (C=O) groups is 1. The summed E-state index contributed by atoms with van der Waals surface area (Å²) in [6, 6.07) is 0.901. The topological polar surface area (TPSA) is 142 Å². The van der Waals surface area contributed by atoms with Gasteiger partial charge in [0.25, 0.3) is 5.56 Å². The number of Topliss-reactive ketones (excluding diaryl/α,β-unsaturated/α-hetero) is 1. The molecule has 0 amide bonds. The molecule has 0 aromatic carbocycles. The van der Waals surface area contributed by atoms with Gasteiger partial charge in [-0.2, -0.15) is 0 Å². The first-order valence-electron chi connectivity index (χ1n) is 5.86. The molecule has 1 aliphatic rings. The molecule has 0 saturated carbocycles. The number of hydrogen-bond donors (Lipinski definition) is 4. The predicted molar refractivity (Wildman–Crippen MR) is 64.3 cm³/mol. The second-order valence-corrected chi connectivity index (χ2v) is 4.48. The van der Waals surface area contributed by atoms with Crippen LogP contribution >= 0.6 is 0 Å². The molecule has 9 heteroatoms. The van der Waals surface area contributed by atoms with Crippen LogP contribution in [0.2, 0.25) is 0 Å². The van der Waals surface area contributed by atoms with E-state index in [2.05, 4.69) is 0 Å². The van der Waals surface area contributed by atoms with Gasteiger partial charge in [0.05, 0.1) is 12.3 Å². The number of carbonyl (C=O) groups excluding carboxylic acids is 1. The molecule has 9 nitrogen and oxygen atoms in total. The van der Waals surface area contributed by atoms with E-state index in [-0.39, 0.29) is 5.69 Å². The van der Waals surface area contributed by atoms with Crippen LogP contribution in [-0.4, -0.2) is 55.6 Å². The number of hydrogen-bond acceptors (Lipinski definition) is 7. The molecule has 4 atom stereocenters. The quantitative estimate of drug-likeness (QED) is 0.444. The molecule has 1 aliphatic heterocycles. The molecule has 0 aliphatic carbocycles. The Morgan fingerprint density at radius 3 is 2.55 bits per heavy atom. The van der Waals surface area contributed by atoms with Gasteiger partial charge in [-0.25, -0.2) is 4.79 Å². The van der Waals surface area contributed by atoms with Gasteiger partial charge in [-0.15, -0.1) is 0 Å². The largest absolute Gasteiger partial charge is 0.394 e. The van der Waals surface area contributed by atoms with Crippen molar-refractivity contribution >= 4 is 5.78 Å². The van der Waals surface area contributed by atoms with Gasteiger partial charge in [0.15, 0.2) is 12.0 Å². The molecule has 0 spiro atoms. The minimum absolute atomic E-state index is 0.256. The molecule has 0 radical (unpaired) electrons. The van der Waals surface area contributed by atoms with Crippen molar-refractivity contribution in [1.82, 2.24) is 9.55 Å². The lowest BCUT2D eigenvalue weighted by Gasteiger charge is -2.19. The van der Waals surface area contributed by atoms with E-state index >= 15 is 0 Å². The first-order chi connectivity index (χ1) is 9.36. The van der Waals surface area contributed by atoms with Crippen molar-refractivity contribution in [3.05, 3.63) is 32.6 Å². The molecule has 1 fully saturated rings. The first kappa shape index (κ1) is 14.6. The number of aliphatic hydroxyl groups is 3. The van der Waals surface area contributed by atoms with Crippen LogP contribution in [0.25, 0.3) is 0 Å². The SMILES string of the molecule is CC(=O)c1cc(=O)[nH]c(=O)n1[C@@H]1O[C@H](CO)[C@@H](O)[C@H]1O. The summed E-state index contributed by atoms with van der Waals surface area (Å²) >= 11 is 0. The second kappa shape index (κ2) is 5.29. The minimum Gasteiger partial charge on any atom is -0.394 e. The molecule has 2 heterocycles. The molecular weight excluding hydrogens is 272 g/mol. The van der Waals surface area contributed by atoms with Crippen LogP contribution in [0.15, 0.2) is 15.7 Å². The van der Waals surface area contributed by atoms with E-state index in [4.69, 9.17) is 9.84 Å². The zero-order valence-electron chi connectivity index (χ0n) is 10.5. The summed E-state index contributed by atoms with van der Waals surface area (Å²) in [5.74, 6) is -0.578. The summed E-state index contributed by atoms with van der Waals surface area (Å²) in [5.41, 5.74) is -1.96. The third-order valence-corrected chi connectivity index (χ3v) is 3.11. The average Bonchev–Trinajstić information content (AvgIpc) is 2.65. The molecule has 0 bridgehead atoms. The van der Waals surface area contributed by atoms with Crippen LogP contribution in [0.5, 0.6) is 0 Å². The zero-order valence-corrected chi connectivity index (χ0v) is 10.5. The Bertz CT molecular complexity index is 634. The molecule has 20 heavy (non-hydrogen) atoms. The van der Waals surface area contributed by atoms with Gasteiger partial charge in [0.1, 0.15) is 18.3 Å². The van der Waals surface area contributed by atoms with Crippen LogP contribution < -0.4 is 11.2 Å². The number of ether oxygens (including phenoxy) is 1. The van der Waals surface area contributed by atoms with Crippen LogP contribution in [0, 0.1) is 0 Å². The van der Waals surface area contributed by atoms with Gasteiger partial charge >= 0.3 is 5.69 Å². The zero-order chi connectivity index (χ0) is 15.0. The van der Waals surface area contributed by atoms with Gasteiger partial charge in [-0.1, -0.05) is 0 Å². The van der Waals surface area contributed by atoms with E-state index in [1.54, 1.807) is 0 Å². The van der Waals surface area contributed by atoms with Crippen LogP contribution in [0.4, 0.5) is 0 Å². The minimum atomic E-state index is -1.52. The average molecular weight is 286 g/mol. The Labute approximate surface area is 112 Å². The van der Waals surface area contributed by atoms with Crippen molar-refractivity contribution in [3.8, 4) is 0 Å². The Hall–Kier alpha value is -1.81. The Balaban J connectivity index is 2.56. The highest BCUT2D eigenvalue weighted by Gasteiger charge is 2.44. The predicted octanol–water partition coefficient (Wildman–Crippen LogP) is -2.65. The molecule has 2 rings (SSSR count). The molecule has 1 aromatic rings. The summed E-state index contributed by atoms with van der Waals surface area (Å²) in [6.07, 6.45) is -5.39. The maximum Gasteiger partial charge on any atom is 0.331 e. The van der Waals surface area contributed by atoms with Gasteiger partial charge < -0.3 is 20.1 Å². The highest BCUT2D eigenvalue weighted by molar-refractivity contribution is 5.92. The molecule has 0 unspecified atom stereocenters. The van der Waals surface area contributed by atoms with Crippen molar-refractivity contribution in [2.75, 3.05) is 6.61 Å². The van der Waals surface area contributed by atoms with E-state index in [1.165, 1.54) is 0 Å². The number of aromatic amines is 1. The summed E-state index contributed by atoms with van der Waals surface area (Å²) in [7, 11) is 0. The Morgan fingerprint density at radius 2 is 2.05 bits per heavy atom. The van der Waals surface area contributed by atoms with Crippen LogP contribution in [0.3, 0.4) is 0 Å². The number of nitrogens with zero attached hydrogens (tertiary/aromatic N) is 1. The number of aliphatic hydroxyl groups excluding tert-OH is 3. The second-order valence-electron chi connectivity index (χ2n) is 4.48. The first-order valence-corrected chi connectivity index (χ1v) is 5.86. The number of nitrogens with one attached hydrogen (secondary N) is 1. The number of rotatable bonds is 3. The maximum absolute atomic E-state index is 11.8. The number of ketones is 1. The van der Waals surface area contributed by atoms with Gasteiger partial charge in [0, 0.05) is 13.0 Å². The van der Waals surface area contributed by atoms with E-state index in [9.17, 15) is 24.6 Å². The molecule has 1 aromatic heterocycles. The third-order valence-electron chi connectivity index (χ3n) is 3.11. The summed E-state index contributed by atoms with van der Waals surface area (Å²) in [4.78, 5) is 36.5. The molecule has 4 N–H and O–H groups in total. The van der Waals surface area contributed by atoms with Crippen molar-refractivity contribution in [1.29, 1.82) is 0 Å². The highest BCUT2D eigenvalue weighted by atomic mass is 16.6. The standard InChI is InChI=1S/C11H14N2O7/c1-4(15)5-2-7(16)12-11(19)13(5)10-9(18)8(17)6(3-14)20-10/h2,6,8-10,14,17-18H,3H2,1H3,(H,12,16,19)/t6-,8-,9-,10-/m1/s1. The highest BCUT2D eigenvalue weighted by Crippen LogP contribution is 2.28. The molecule has 110 valence electrons. The normalized spacial score (nSPS) is 29.6. The van der Waals surface area contributed by atoms with E-state index in [0.717, 1.165) is 17.6 Å². The van der Waals surface area contributed by atoms with Crippen molar-refractivity contribution in [2.45, 2.75) is 31.5 Å². The fourth-order valence-corrected chi connectivity index (χ4v) is 2.12. The Kier molecular flexibility index (Phi) is 3.86. The summed E-state index contributed by atoms with van der Waals surface area (Å²) in [6.45, 7) is 0.578. The maximum atomic E-state index is 11.8. The lowest BCUT2D eigenvalue weighted by Crippen LogP contribution is -2.40. The van der Waals surface area contributed by atoms with E-state index in [0.29, 0.717) is 0 Å². The Morgan fingerprint density at radius 1 is 1.40 bits per heavy atom. The number of aromatic nitrogens is 2. The van der Waals surface area contributed by atoms with Gasteiger partial charge in [0.2, 0.25) is 0 Å². The smallest absolute Gasteiger partial charge is 0.331 e. The lowest BCUT2D eigenvalue weighted by molar-refractivity contribution is -0.0557. The van der Waals surface area contributed by atoms with Crippen molar-refractivity contribution < 1.29 is 24.9 Å². The fraction of sp³-hybridized carbons (Fsp3) is 0.545. The number of H-pyrrole nitrogens is 1. The molecular formula is C11H14N2O7. The van der Waals surface area contributed by atoms with E-state index in [1.807, 2.05) is 4.98 Å². The molecule has 1 saturated heterocycles. The van der Waals surface area contributed by atoms with Crippen LogP contribution in [-0.2, 0) is 4.74 Å². The van der Waals surface area contributed by atoms with Crippen molar-refractivity contribution in [2.24, 2.45) is 0 Å². The van der Waals surface area contributed by atoms with Gasteiger partial charge in [-0.3, -0.25) is 19.1 Å². The fourth-order valence-electron chi connectivity index (χ4n) is 2.12. The van der Waals surface area contributed by atoms with Crippen LogP contribution in [0.1, 0.15) is 23.6 Å². The van der Waals surface area contributed by atoms with Crippen molar-refractivity contribution in [3.63, 3.8) is 0 Å². The summed E-state index contributed by atoms with van der Waals surface area (Å²) < 4.78 is 5.93. The van der Waals surface area contributed by atoms with Gasteiger partial charge in [-0.05, 0) is 0 Å².